The Morgan fingerprint density at radius 2 is 1.79 bits per heavy atom. The SMILES string of the molecule is CN1CC2(CCN(C(=O)CN3CCN(c4ncccn4)CC3)CC2)OCC1=O. The Labute approximate surface area is 165 Å². The fraction of sp³-hybridized carbons (Fsp3) is 0.684. The average molecular weight is 388 g/mol. The van der Waals surface area contributed by atoms with E-state index in [2.05, 4.69) is 19.8 Å². The molecule has 0 radical (unpaired) electrons. The number of carbonyl (C=O) groups excluding carboxylic acids is 2. The van der Waals surface area contributed by atoms with Gasteiger partial charge in [0, 0.05) is 65.3 Å². The maximum Gasteiger partial charge on any atom is 0.248 e. The molecule has 3 aliphatic heterocycles. The van der Waals surface area contributed by atoms with Crippen molar-refractivity contribution < 1.29 is 14.3 Å². The van der Waals surface area contributed by atoms with Gasteiger partial charge in [0.1, 0.15) is 6.61 Å². The van der Waals surface area contributed by atoms with Gasteiger partial charge in [0.15, 0.2) is 0 Å². The fourth-order valence-corrected chi connectivity index (χ4v) is 4.21. The summed E-state index contributed by atoms with van der Waals surface area (Å²) in [6.45, 7) is 5.93. The molecule has 3 aliphatic rings. The molecule has 0 N–H and O–H groups in total. The Balaban J connectivity index is 1.23. The molecule has 0 aliphatic carbocycles. The first-order valence-corrected chi connectivity index (χ1v) is 9.95. The van der Waals surface area contributed by atoms with Crippen LogP contribution in [0.1, 0.15) is 12.8 Å². The Morgan fingerprint density at radius 3 is 2.43 bits per heavy atom. The molecule has 1 spiro atoms. The number of morpholine rings is 1. The van der Waals surface area contributed by atoms with E-state index < -0.39 is 0 Å². The van der Waals surface area contributed by atoms with E-state index in [0.29, 0.717) is 26.2 Å². The molecule has 2 amide bonds. The number of piperidine rings is 1. The zero-order valence-corrected chi connectivity index (χ0v) is 16.4. The molecule has 28 heavy (non-hydrogen) atoms. The molecule has 0 unspecified atom stereocenters. The second-order valence-corrected chi connectivity index (χ2v) is 7.91. The largest absolute Gasteiger partial charge is 0.363 e. The van der Waals surface area contributed by atoms with Crippen LogP contribution >= 0.6 is 0 Å². The summed E-state index contributed by atoms with van der Waals surface area (Å²) in [6.07, 6.45) is 5.08. The van der Waals surface area contributed by atoms with Crippen LogP contribution in [0.25, 0.3) is 0 Å². The normalized spacial score (nSPS) is 23.3. The third-order valence-corrected chi connectivity index (χ3v) is 6.05. The predicted octanol–water partition coefficient (Wildman–Crippen LogP) is -0.552. The molecule has 0 atom stereocenters. The summed E-state index contributed by atoms with van der Waals surface area (Å²) in [6, 6.07) is 1.81. The highest BCUT2D eigenvalue weighted by atomic mass is 16.5. The number of nitrogens with zero attached hydrogens (tertiary/aromatic N) is 6. The minimum Gasteiger partial charge on any atom is -0.363 e. The van der Waals surface area contributed by atoms with Crippen LogP contribution in [0.2, 0.25) is 0 Å². The Morgan fingerprint density at radius 1 is 1.11 bits per heavy atom. The predicted molar refractivity (Wildman–Crippen MR) is 103 cm³/mol. The van der Waals surface area contributed by atoms with Crippen molar-refractivity contribution in [2.45, 2.75) is 18.4 Å². The van der Waals surface area contributed by atoms with Crippen LogP contribution in [0.15, 0.2) is 18.5 Å². The Hall–Kier alpha value is -2.26. The van der Waals surface area contributed by atoms with Gasteiger partial charge in [0.05, 0.1) is 12.1 Å². The molecule has 4 heterocycles. The van der Waals surface area contributed by atoms with Crippen molar-refractivity contribution in [3.05, 3.63) is 18.5 Å². The standard InChI is InChI=1S/C19H28N6O3/c1-22-15-19(28-14-17(22)27)3-7-24(8-4-19)16(26)13-23-9-11-25(12-10-23)18-20-5-2-6-21-18/h2,5-6H,3-4,7-15H2,1H3. The van der Waals surface area contributed by atoms with Gasteiger partial charge >= 0.3 is 0 Å². The number of likely N-dealkylation sites (N-methyl/N-ethyl adjacent to an activating group) is 1. The highest BCUT2D eigenvalue weighted by Crippen LogP contribution is 2.30. The number of rotatable bonds is 3. The highest BCUT2D eigenvalue weighted by molar-refractivity contribution is 5.79. The molecule has 1 aromatic heterocycles. The zero-order chi connectivity index (χ0) is 19.6. The van der Waals surface area contributed by atoms with E-state index in [0.717, 1.165) is 45.0 Å². The first-order chi connectivity index (χ1) is 13.5. The van der Waals surface area contributed by atoms with Crippen LogP contribution in [0.5, 0.6) is 0 Å². The van der Waals surface area contributed by atoms with Gasteiger partial charge in [-0.05, 0) is 18.9 Å². The molecule has 0 bridgehead atoms. The minimum atomic E-state index is -0.277. The smallest absolute Gasteiger partial charge is 0.248 e. The van der Waals surface area contributed by atoms with Gasteiger partial charge < -0.3 is 19.4 Å². The van der Waals surface area contributed by atoms with Crippen molar-refractivity contribution >= 4 is 17.8 Å². The topological polar surface area (TPSA) is 82.1 Å². The second-order valence-electron chi connectivity index (χ2n) is 7.91. The third kappa shape index (κ3) is 4.10. The molecule has 4 rings (SSSR count). The van der Waals surface area contributed by atoms with Gasteiger partial charge in [0.25, 0.3) is 0 Å². The van der Waals surface area contributed by atoms with E-state index in [9.17, 15) is 9.59 Å². The minimum absolute atomic E-state index is 0.0316. The summed E-state index contributed by atoms with van der Waals surface area (Å²) < 4.78 is 5.86. The maximum atomic E-state index is 12.7. The second kappa shape index (κ2) is 8.00. The van der Waals surface area contributed by atoms with Crippen LogP contribution in [0, 0.1) is 0 Å². The number of anilines is 1. The van der Waals surface area contributed by atoms with Crippen molar-refractivity contribution in [1.29, 1.82) is 0 Å². The molecule has 3 fully saturated rings. The number of piperazine rings is 1. The molecule has 152 valence electrons. The van der Waals surface area contributed by atoms with Crippen molar-refractivity contribution in [3.63, 3.8) is 0 Å². The lowest BCUT2D eigenvalue weighted by atomic mass is 9.89. The molecule has 9 nitrogen and oxygen atoms in total. The van der Waals surface area contributed by atoms with Crippen LogP contribution in [-0.4, -0.2) is 108 Å². The molecular weight excluding hydrogens is 360 g/mol. The average Bonchev–Trinajstić information content (AvgIpc) is 2.73. The van der Waals surface area contributed by atoms with E-state index >= 15 is 0 Å². The number of aromatic nitrogens is 2. The number of hydrogen-bond donors (Lipinski definition) is 0. The quantitative estimate of drug-likeness (QED) is 0.687. The third-order valence-electron chi connectivity index (χ3n) is 6.05. The van der Waals surface area contributed by atoms with Gasteiger partial charge in [-0.25, -0.2) is 9.97 Å². The van der Waals surface area contributed by atoms with E-state index in [-0.39, 0.29) is 24.0 Å². The molecular formula is C19H28N6O3. The summed E-state index contributed by atoms with van der Waals surface area (Å²) in [4.78, 5) is 41.0. The fourth-order valence-electron chi connectivity index (χ4n) is 4.21. The summed E-state index contributed by atoms with van der Waals surface area (Å²) in [5, 5.41) is 0. The molecule has 1 aromatic rings. The number of hydrogen-bond acceptors (Lipinski definition) is 7. The number of ether oxygens (including phenoxy) is 1. The summed E-state index contributed by atoms with van der Waals surface area (Å²) >= 11 is 0. The molecule has 0 saturated carbocycles. The summed E-state index contributed by atoms with van der Waals surface area (Å²) in [7, 11) is 1.82. The number of likely N-dealkylation sites (tertiary alicyclic amines) is 1. The Bertz CT molecular complexity index is 699. The lowest BCUT2D eigenvalue weighted by molar-refractivity contribution is -0.171. The van der Waals surface area contributed by atoms with Crippen molar-refractivity contribution in [2.75, 3.05) is 70.9 Å². The zero-order valence-electron chi connectivity index (χ0n) is 16.4. The monoisotopic (exact) mass is 388 g/mol. The van der Waals surface area contributed by atoms with Gasteiger partial charge in [-0.1, -0.05) is 0 Å². The molecule has 9 heteroatoms. The van der Waals surface area contributed by atoms with Crippen LogP contribution in [0.3, 0.4) is 0 Å². The van der Waals surface area contributed by atoms with Gasteiger partial charge in [-0.2, -0.15) is 0 Å². The summed E-state index contributed by atoms with van der Waals surface area (Å²) in [5.74, 6) is 0.967. The van der Waals surface area contributed by atoms with Crippen LogP contribution in [0.4, 0.5) is 5.95 Å². The van der Waals surface area contributed by atoms with E-state index in [1.165, 1.54) is 0 Å². The summed E-state index contributed by atoms with van der Waals surface area (Å²) in [5.41, 5.74) is -0.277. The lowest BCUT2D eigenvalue weighted by Crippen LogP contribution is -2.59. The van der Waals surface area contributed by atoms with Crippen LogP contribution in [-0.2, 0) is 14.3 Å². The van der Waals surface area contributed by atoms with Crippen molar-refractivity contribution in [3.8, 4) is 0 Å². The van der Waals surface area contributed by atoms with Gasteiger partial charge in [-0.15, -0.1) is 0 Å². The van der Waals surface area contributed by atoms with Crippen molar-refractivity contribution in [2.24, 2.45) is 0 Å². The maximum absolute atomic E-state index is 12.7. The molecule has 3 saturated heterocycles. The van der Waals surface area contributed by atoms with E-state index in [4.69, 9.17) is 4.74 Å². The van der Waals surface area contributed by atoms with Gasteiger partial charge in [0.2, 0.25) is 17.8 Å². The number of amides is 2. The van der Waals surface area contributed by atoms with Crippen LogP contribution < -0.4 is 4.90 Å². The molecule has 0 aromatic carbocycles. The Kier molecular flexibility index (Phi) is 5.45. The first kappa shape index (κ1) is 19.1. The highest BCUT2D eigenvalue weighted by Gasteiger charge is 2.42. The number of carbonyl (C=O) groups is 2. The lowest BCUT2D eigenvalue weighted by Gasteiger charge is -2.46. The van der Waals surface area contributed by atoms with Crippen molar-refractivity contribution in [1.82, 2.24) is 24.7 Å². The van der Waals surface area contributed by atoms with E-state index in [1.807, 2.05) is 18.0 Å². The van der Waals surface area contributed by atoms with Gasteiger partial charge in [-0.3, -0.25) is 14.5 Å². The first-order valence-electron chi connectivity index (χ1n) is 9.95. The van der Waals surface area contributed by atoms with E-state index in [1.54, 1.807) is 17.3 Å².